The van der Waals surface area contributed by atoms with Gasteiger partial charge in [0.1, 0.15) is 11.4 Å². The minimum Gasteiger partial charge on any atom is -0.458 e. The molecule has 6 unspecified atom stereocenters. The van der Waals surface area contributed by atoms with Crippen LogP contribution >= 0.6 is 0 Å². The summed E-state index contributed by atoms with van der Waals surface area (Å²) < 4.78 is 6.01. The van der Waals surface area contributed by atoms with Gasteiger partial charge in [-0.25, -0.2) is 0 Å². The van der Waals surface area contributed by atoms with E-state index in [-0.39, 0.29) is 46.9 Å². The van der Waals surface area contributed by atoms with E-state index in [9.17, 15) is 20.0 Å². The summed E-state index contributed by atoms with van der Waals surface area (Å²) >= 11 is 0. The number of fused-ring (bicyclic) bond motifs is 6. The molecule has 4 saturated carbocycles. The minimum atomic E-state index is -0.790. The van der Waals surface area contributed by atoms with Gasteiger partial charge in [0.15, 0.2) is 0 Å². The zero-order chi connectivity index (χ0) is 24.0. The van der Waals surface area contributed by atoms with E-state index < -0.39 is 22.5 Å². The van der Waals surface area contributed by atoms with Gasteiger partial charge in [-0.15, -0.1) is 0 Å². The van der Waals surface area contributed by atoms with E-state index in [0.29, 0.717) is 38.0 Å². The first-order chi connectivity index (χ1) is 15.5. The molecule has 33 heavy (non-hydrogen) atoms. The van der Waals surface area contributed by atoms with Gasteiger partial charge < -0.3 is 15.6 Å². The molecule has 5 rings (SSSR count). The Morgan fingerprint density at radius 3 is 2.42 bits per heavy atom. The Balaban J connectivity index is 1.56. The second-order valence-electron chi connectivity index (χ2n) is 12.7. The molecule has 0 aromatic rings. The Labute approximate surface area is 197 Å². The third kappa shape index (κ3) is 2.73. The minimum absolute atomic E-state index is 0.0212. The maximum absolute atomic E-state index is 13.3. The van der Waals surface area contributed by atoms with Crippen molar-refractivity contribution in [2.75, 3.05) is 0 Å². The molecule has 6 heteroatoms. The Morgan fingerprint density at radius 1 is 1.09 bits per heavy atom. The molecule has 0 amide bonds. The standard InChI is InChI=1S/C27H40N2O4/c1-15(16(2)29)22-19(30)7-9-24(3)23-17(5-10-26(22,24)14-28)18-6-11-27(12-8-21(32)33-27)25(18,4)13-20(23)31/h15-18,20,22-23,31H,5-13,29H2,1-4H3/t15-,16?,17?,18?,20-,22?,23?,24-,25+,26?,27-/m1/s1. The van der Waals surface area contributed by atoms with Crippen molar-refractivity contribution in [3.63, 3.8) is 0 Å². The summed E-state index contributed by atoms with van der Waals surface area (Å²) in [6.07, 6.45) is 5.78. The van der Waals surface area contributed by atoms with Crippen molar-refractivity contribution in [2.45, 2.75) is 103 Å². The first-order valence-corrected chi connectivity index (χ1v) is 13.1. The van der Waals surface area contributed by atoms with Crippen molar-refractivity contribution in [3.05, 3.63) is 0 Å². The lowest BCUT2D eigenvalue weighted by Gasteiger charge is -2.66. The molecule has 4 aliphatic carbocycles. The zero-order valence-electron chi connectivity index (χ0n) is 20.6. The van der Waals surface area contributed by atoms with Crippen molar-refractivity contribution in [1.82, 2.24) is 0 Å². The molecule has 0 bridgehead atoms. The van der Waals surface area contributed by atoms with Crippen LogP contribution in [0.4, 0.5) is 0 Å². The van der Waals surface area contributed by atoms with Gasteiger partial charge in [0.25, 0.3) is 0 Å². The van der Waals surface area contributed by atoms with Crippen LogP contribution in [0.1, 0.15) is 85.5 Å². The largest absolute Gasteiger partial charge is 0.458 e. The summed E-state index contributed by atoms with van der Waals surface area (Å²) in [4.78, 5) is 25.4. The van der Waals surface area contributed by atoms with Crippen LogP contribution in [0.5, 0.6) is 0 Å². The molecule has 1 spiro atoms. The molecule has 0 radical (unpaired) electrons. The van der Waals surface area contributed by atoms with Crippen LogP contribution in [0.15, 0.2) is 0 Å². The van der Waals surface area contributed by atoms with Crippen LogP contribution in [0.25, 0.3) is 0 Å². The number of aliphatic hydroxyl groups excluding tert-OH is 1. The second-order valence-corrected chi connectivity index (χ2v) is 12.7. The highest BCUT2D eigenvalue weighted by Gasteiger charge is 2.73. The number of nitrogens with two attached hydrogens (primary N) is 1. The number of ether oxygens (including phenoxy) is 1. The molecule has 1 saturated heterocycles. The van der Waals surface area contributed by atoms with Gasteiger partial charge in [0, 0.05) is 30.2 Å². The highest BCUT2D eigenvalue weighted by Crippen LogP contribution is 2.73. The third-order valence-electron chi connectivity index (χ3n) is 11.7. The number of hydrogen-bond acceptors (Lipinski definition) is 6. The van der Waals surface area contributed by atoms with Crippen LogP contribution < -0.4 is 5.73 Å². The topological polar surface area (TPSA) is 113 Å². The highest BCUT2D eigenvalue weighted by molar-refractivity contribution is 5.84. The number of carbonyl (C=O) groups excluding carboxylic acids is 2. The number of esters is 1. The van der Waals surface area contributed by atoms with E-state index in [1.807, 2.05) is 13.8 Å². The average molecular weight is 457 g/mol. The first-order valence-electron chi connectivity index (χ1n) is 13.1. The number of ketones is 1. The van der Waals surface area contributed by atoms with E-state index in [1.54, 1.807) is 0 Å². The molecule has 6 nitrogen and oxygen atoms in total. The summed E-state index contributed by atoms with van der Waals surface area (Å²) in [5.74, 6) is 0.235. The molecule has 0 aromatic heterocycles. The average Bonchev–Trinajstić information content (AvgIpc) is 3.27. The fraction of sp³-hybridized carbons (Fsp3) is 0.889. The molecule has 5 fully saturated rings. The predicted octanol–water partition coefficient (Wildman–Crippen LogP) is 3.75. The number of rotatable bonds is 2. The van der Waals surface area contributed by atoms with Crippen LogP contribution in [-0.2, 0) is 14.3 Å². The number of Topliss-reactive ketones (excluding diaryl/α,β-unsaturated/α-hetero) is 1. The van der Waals surface area contributed by atoms with Gasteiger partial charge in [-0.1, -0.05) is 20.8 Å². The Bertz CT molecular complexity index is 912. The highest BCUT2D eigenvalue weighted by atomic mass is 16.6. The summed E-state index contributed by atoms with van der Waals surface area (Å²) in [5.41, 5.74) is 4.38. The van der Waals surface area contributed by atoms with Crippen LogP contribution in [0, 0.1) is 57.2 Å². The molecule has 182 valence electrons. The summed E-state index contributed by atoms with van der Waals surface area (Å²) in [7, 11) is 0. The fourth-order valence-corrected chi connectivity index (χ4v) is 9.92. The van der Waals surface area contributed by atoms with Gasteiger partial charge >= 0.3 is 5.97 Å². The number of aliphatic hydroxyl groups is 1. The summed E-state index contributed by atoms with van der Waals surface area (Å²) in [5, 5.41) is 22.5. The van der Waals surface area contributed by atoms with Gasteiger partial charge in [-0.05, 0) is 81.0 Å². The molecule has 1 heterocycles. The number of nitriles is 1. The Hall–Kier alpha value is -1.45. The lowest BCUT2D eigenvalue weighted by molar-refractivity contribution is -0.221. The van der Waals surface area contributed by atoms with Crippen molar-refractivity contribution in [2.24, 2.45) is 51.6 Å². The molecule has 1 aliphatic heterocycles. The van der Waals surface area contributed by atoms with Crippen molar-refractivity contribution < 1.29 is 19.4 Å². The van der Waals surface area contributed by atoms with Gasteiger partial charge in [-0.2, -0.15) is 5.26 Å². The molecule has 11 atom stereocenters. The monoisotopic (exact) mass is 456 g/mol. The van der Waals surface area contributed by atoms with Crippen LogP contribution in [0.3, 0.4) is 0 Å². The van der Waals surface area contributed by atoms with E-state index in [1.165, 1.54) is 0 Å². The van der Waals surface area contributed by atoms with Crippen molar-refractivity contribution >= 4 is 11.8 Å². The molecule has 0 aromatic carbocycles. The van der Waals surface area contributed by atoms with Crippen LogP contribution in [0.2, 0.25) is 0 Å². The van der Waals surface area contributed by atoms with E-state index in [4.69, 9.17) is 10.5 Å². The van der Waals surface area contributed by atoms with Crippen molar-refractivity contribution in [3.8, 4) is 6.07 Å². The Kier molecular flexibility index (Phi) is 5.14. The third-order valence-corrected chi connectivity index (χ3v) is 11.7. The lowest BCUT2D eigenvalue weighted by Crippen LogP contribution is -2.67. The second kappa shape index (κ2) is 7.28. The quantitative estimate of drug-likeness (QED) is 0.612. The van der Waals surface area contributed by atoms with Crippen molar-refractivity contribution in [1.29, 1.82) is 5.26 Å². The van der Waals surface area contributed by atoms with Gasteiger partial charge in [0.2, 0.25) is 0 Å². The number of hydrogen-bond donors (Lipinski definition) is 2. The summed E-state index contributed by atoms with van der Waals surface area (Å²) in [6.45, 7) is 8.38. The number of carbonyl (C=O) groups is 2. The predicted molar refractivity (Wildman–Crippen MR) is 122 cm³/mol. The fourth-order valence-electron chi connectivity index (χ4n) is 9.92. The van der Waals surface area contributed by atoms with Gasteiger partial charge in [0.05, 0.1) is 17.6 Å². The first kappa shape index (κ1) is 23.3. The van der Waals surface area contributed by atoms with Crippen LogP contribution in [-0.4, -0.2) is 34.6 Å². The molecule has 5 aliphatic rings. The summed E-state index contributed by atoms with van der Waals surface area (Å²) in [6, 6.07) is 2.53. The normalized spacial score (nSPS) is 52.9. The maximum atomic E-state index is 13.3. The molecule has 3 N–H and O–H groups in total. The maximum Gasteiger partial charge on any atom is 0.306 e. The Morgan fingerprint density at radius 2 is 1.82 bits per heavy atom. The van der Waals surface area contributed by atoms with Gasteiger partial charge in [-0.3, -0.25) is 9.59 Å². The van der Waals surface area contributed by atoms with E-state index in [2.05, 4.69) is 19.9 Å². The van der Waals surface area contributed by atoms with E-state index in [0.717, 1.165) is 25.7 Å². The van der Waals surface area contributed by atoms with E-state index >= 15 is 0 Å². The SMILES string of the molecule is CC(N)[C@@H](C)C1C(=O)CC[C@]2(C)C3C(CCC12C#N)C1CC[C@@]2(CCC(=O)O2)[C@@]1(C)C[C@H]3O. The number of nitrogens with zero attached hydrogens (tertiary/aromatic N) is 1. The lowest BCUT2D eigenvalue weighted by atomic mass is 9.36. The molecular formula is C27H40N2O4. The zero-order valence-corrected chi connectivity index (χ0v) is 20.6. The smallest absolute Gasteiger partial charge is 0.306 e. The molecular weight excluding hydrogens is 416 g/mol.